The molecule has 0 aromatic heterocycles. The minimum Gasteiger partial charge on any atom is -0.350 e. The summed E-state index contributed by atoms with van der Waals surface area (Å²) in [7, 11) is 0. The Morgan fingerprint density at radius 1 is 1.33 bits per heavy atom. The summed E-state index contributed by atoms with van der Waals surface area (Å²) in [6.07, 6.45) is 7.29. The first-order valence-electron chi connectivity index (χ1n) is 4.20. The van der Waals surface area contributed by atoms with Crippen molar-refractivity contribution in [2.75, 3.05) is 6.54 Å². The quantitative estimate of drug-likeness (QED) is 0.674. The summed E-state index contributed by atoms with van der Waals surface area (Å²) in [4.78, 5) is 4.44. The van der Waals surface area contributed by atoms with Crippen LogP contribution in [0.4, 0.5) is 0 Å². The van der Waals surface area contributed by atoms with Crippen LogP contribution in [-0.2, 0) is 0 Å². The third-order valence-corrected chi connectivity index (χ3v) is 3.05. The van der Waals surface area contributed by atoms with Gasteiger partial charge in [0.1, 0.15) is 5.84 Å². The molecule has 0 amide bonds. The SMILES string of the molecule is Br/C1=C2\C=CN/C(=N/CC1)CC2. The maximum absolute atomic E-state index is 4.44. The van der Waals surface area contributed by atoms with Gasteiger partial charge in [0.15, 0.2) is 0 Å². The molecule has 2 aliphatic heterocycles. The lowest BCUT2D eigenvalue weighted by molar-refractivity contribution is 0.907. The molecule has 2 nitrogen and oxygen atoms in total. The van der Waals surface area contributed by atoms with Crippen LogP contribution in [0, 0.1) is 0 Å². The van der Waals surface area contributed by atoms with Crippen molar-refractivity contribution < 1.29 is 0 Å². The first-order chi connectivity index (χ1) is 5.86. The monoisotopic (exact) mass is 226 g/mol. The topological polar surface area (TPSA) is 24.4 Å². The van der Waals surface area contributed by atoms with Gasteiger partial charge in [-0.15, -0.1) is 0 Å². The largest absolute Gasteiger partial charge is 0.350 e. The number of aliphatic imine (C=N–C) groups is 1. The molecule has 0 unspecified atom stereocenters. The van der Waals surface area contributed by atoms with Crippen LogP contribution >= 0.6 is 15.9 Å². The third-order valence-electron chi connectivity index (χ3n) is 2.15. The normalized spacial score (nSPS) is 32.9. The van der Waals surface area contributed by atoms with Crippen LogP contribution in [0.5, 0.6) is 0 Å². The fourth-order valence-corrected chi connectivity index (χ4v) is 1.96. The highest BCUT2D eigenvalue weighted by Gasteiger charge is 2.10. The molecule has 2 aliphatic rings. The summed E-state index contributed by atoms with van der Waals surface area (Å²) in [6.45, 7) is 0.897. The van der Waals surface area contributed by atoms with Crippen molar-refractivity contribution in [2.24, 2.45) is 4.99 Å². The predicted molar refractivity (Wildman–Crippen MR) is 54.4 cm³/mol. The number of amidine groups is 1. The van der Waals surface area contributed by atoms with Gasteiger partial charge in [-0.1, -0.05) is 15.9 Å². The molecule has 1 N–H and O–H groups in total. The van der Waals surface area contributed by atoms with E-state index in [1.165, 1.54) is 10.1 Å². The second-order valence-electron chi connectivity index (χ2n) is 2.99. The predicted octanol–water partition coefficient (Wildman–Crippen LogP) is 2.33. The number of hydrogen-bond donors (Lipinski definition) is 1. The van der Waals surface area contributed by atoms with Crippen molar-refractivity contribution in [3.63, 3.8) is 0 Å². The Balaban J connectivity index is 2.35. The van der Waals surface area contributed by atoms with E-state index in [0.29, 0.717) is 0 Å². The standard InChI is InChI=1S/C9H11BrN2/c10-8-4-6-12-9-2-1-7(8)3-5-11-9/h3,5H,1-2,4,6H2,(H,11,12)/b8-7-. The Morgan fingerprint density at radius 2 is 2.25 bits per heavy atom. The molecule has 0 aliphatic carbocycles. The van der Waals surface area contributed by atoms with Crippen molar-refractivity contribution in [3.05, 3.63) is 22.3 Å². The summed E-state index contributed by atoms with van der Waals surface area (Å²) in [5.41, 5.74) is 1.41. The van der Waals surface area contributed by atoms with Crippen molar-refractivity contribution in [2.45, 2.75) is 19.3 Å². The van der Waals surface area contributed by atoms with Gasteiger partial charge in [-0.05, 0) is 24.5 Å². The second kappa shape index (κ2) is 3.44. The first-order valence-corrected chi connectivity index (χ1v) is 4.99. The van der Waals surface area contributed by atoms with Crippen LogP contribution in [-0.4, -0.2) is 12.4 Å². The molecule has 0 atom stereocenters. The van der Waals surface area contributed by atoms with E-state index in [1.807, 2.05) is 6.20 Å². The molecule has 2 rings (SSSR count). The van der Waals surface area contributed by atoms with Crippen LogP contribution in [0.3, 0.4) is 0 Å². The Hall–Kier alpha value is -0.570. The number of hydrogen-bond acceptors (Lipinski definition) is 2. The summed E-state index contributed by atoms with van der Waals surface area (Å²) in [5, 5.41) is 3.19. The summed E-state index contributed by atoms with van der Waals surface area (Å²) < 4.78 is 1.31. The number of nitrogens with zero attached hydrogens (tertiary/aromatic N) is 1. The Morgan fingerprint density at radius 3 is 3.17 bits per heavy atom. The average molecular weight is 227 g/mol. The maximum Gasteiger partial charge on any atom is 0.101 e. The Bertz CT molecular complexity index is 276. The molecule has 0 saturated heterocycles. The van der Waals surface area contributed by atoms with E-state index in [1.54, 1.807) is 0 Å². The number of halogens is 1. The zero-order valence-electron chi connectivity index (χ0n) is 6.81. The Labute approximate surface area is 80.6 Å². The lowest BCUT2D eigenvalue weighted by Crippen LogP contribution is -2.16. The third kappa shape index (κ3) is 1.61. The first kappa shape index (κ1) is 8.05. The second-order valence-corrected chi connectivity index (χ2v) is 3.94. The van der Waals surface area contributed by atoms with Gasteiger partial charge in [-0.25, -0.2) is 0 Å². The molecule has 0 aromatic rings. The van der Waals surface area contributed by atoms with E-state index >= 15 is 0 Å². The van der Waals surface area contributed by atoms with Crippen molar-refractivity contribution >= 4 is 21.8 Å². The fraction of sp³-hybridized carbons (Fsp3) is 0.444. The lowest BCUT2D eigenvalue weighted by atomic mass is 10.1. The highest BCUT2D eigenvalue weighted by molar-refractivity contribution is 9.11. The summed E-state index contributed by atoms with van der Waals surface area (Å²) in [6, 6.07) is 0. The van der Waals surface area contributed by atoms with E-state index in [9.17, 15) is 0 Å². The number of fused-ring (bicyclic) bond motifs is 3. The average Bonchev–Trinajstić information content (AvgIpc) is 2.23. The van der Waals surface area contributed by atoms with Crippen molar-refractivity contribution in [3.8, 4) is 0 Å². The van der Waals surface area contributed by atoms with Gasteiger partial charge in [-0.3, -0.25) is 4.99 Å². The van der Waals surface area contributed by atoms with Gasteiger partial charge in [0.05, 0.1) is 0 Å². The number of allylic oxidation sites excluding steroid dienone is 2. The van der Waals surface area contributed by atoms with E-state index in [4.69, 9.17) is 0 Å². The van der Waals surface area contributed by atoms with Gasteiger partial charge >= 0.3 is 0 Å². The zero-order valence-corrected chi connectivity index (χ0v) is 8.39. The Kier molecular flexibility index (Phi) is 2.30. The van der Waals surface area contributed by atoms with E-state index in [0.717, 1.165) is 31.6 Å². The van der Waals surface area contributed by atoms with Crippen molar-refractivity contribution in [1.82, 2.24) is 5.32 Å². The van der Waals surface area contributed by atoms with Crippen LogP contribution in [0.25, 0.3) is 0 Å². The van der Waals surface area contributed by atoms with Gasteiger partial charge in [0.2, 0.25) is 0 Å². The van der Waals surface area contributed by atoms with Crippen molar-refractivity contribution in [1.29, 1.82) is 0 Å². The summed E-state index contributed by atoms with van der Waals surface area (Å²) >= 11 is 3.59. The van der Waals surface area contributed by atoms with E-state index < -0.39 is 0 Å². The van der Waals surface area contributed by atoms with Gasteiger partial charge in [-0.2, -0.15) is 0 Å². The molecule has 3 heteroatoms. The molecule has 0 saturated carbocycles. The van der Waals surface area contributed by atoms with E-state index in [-0.39, 0.29) is 0 Å². The highest BCUT2D eigenvalue weighted by atomic mass is 79.9. The fourth-order valence-electron chi connectivity index (χ4n) is 1.45. The molecular weight excluding hydrogens is 216 g/mol. The molecule has 0 aromatic carbocycles. The molecule has 12 heavy (non-hydrogen) atoms. The smallest absolute Gasteiger partial charge is 0.101 e. The van der Waals surface area contributed by atoms with Crippen LogP contribution in [0.2, 0.25) is 0 Å². The minimum absolute atomic E-state index is 0.897. The van der Waals surface area contributed by atoms with Gasteiger partial charge in [0, 0.05) is 23.6 Å². The molecule has 2 bridgehead atoms. The zero-order chi connectivity index (χ0) is 8.39. The summed E-state index contributed by atoms with van der Waals surface area (Å²) in [5.74, 6) is 1.13. The number of rotatable bonds is 0. The van der Waals surface area contributed by atoms with Crippen LogP contribution < -0.4 is 5.32 Å². The van der Waals surface area contributed by atoms with E-state index in [2.05, 4.69) is 32.3 Å². The molecular formula is C9H11BrN2. The van der Waals surface area contributed by atoms with Crippen LogP contribution in [0.15, 0.2) is 27.3 Å². The van der Waals surface area contributed by atoms with Gasteiger partial charge in [0.25, 0.3) is 0 Å². The maximum atomic E-state index is 4.44. The molecule has 0 radical (unpaired) electrons. The van der Waals surface area contributed by atoms with Crippen LogP contribution in [0.1, 0.15) is 19.3 Å². The molecule has 64 valence electrons. The lowest BCUT2D eigenvalue weighted by Gasteiger charge is -2.08. The molecule has 0 spiro atoms. The number of nitrogens with one attached hydrogen (secondary N) is 1. The molecule has 0 fully saturated rings. The molecule has 2 heterocycles. The van der Waals surface area contributed by atoms with Gasteiger partial charge < -0.3 is 5.32 Å². The highest BCUT2D eigenvalue weighted by Crippen LogP contribution is 2.24. The minimum atomic E-state index is 0.897.